The van der Waals surface area contributed by atoms with Crippen LogP contribution in [-0.2, 0) is 19.1 Å². The number of carbonyl (C=O) groups is 3. The number of halogens is 1. The highest BCUT2D eigenvalue weighted by molar-refractivity contribution is 6.26. The van der Waals surface area contributed by atoms with Gasteiger partial charge in [0.05, 0.1) is 6.10 Å². The zero-order valence-electron chi connectivity index (χ0n) is 17.7. The second-order valence-electron chi connectivity index (χ2n) is 10.2. The second-order valence-corrected chi connectivity index (χ2v) is 10.5. The Morgan fingerprint density at radius 1 is 1.23 bits per heavy atom. The van der Waals surface area contributed by atoms with Crippen LogP contribution in [-0.4, -0.2) is 51.9 Å². The Kier molecular flexibility index (Phi) is 5.43. The Hall–Kier alpha value is -1.24. The average molecular weight is 439 g/mol. The van der Waals surface area contributed by atoms with Crippen molar-refractivity contribution in [2.45, 2.75) is 70.5 Å². The number of hydrogen-bond acceptors (Lipinski definition) is 6. The lowest BCUT2D eigenvalue weighted by Gasteiger charge is -2.60. The predicted octanol–water partition coefficient (Wildman–Crippen LogP) is 2.57. The van der Waals surface area contributed by atoms with Gasteiger partial charge in [-0.15, -0.1) is 11.6 Å². The molecular weight excluding hydrogens is 408 g/mol. The molecule has 0 bridgehead atoms. The van der Waals surface area contributed by atoms with E-state index >= 15 is 0 Å². The van der Waals surface area contributed by atoms with E-state index in [1.54, 1.807) is 6.08 Å². The SMILES string of the molecule is C[C@]12CCC(=O)C=C1CC[C@@H]1[C@@H]2[C@H](O)C[C@]2(C)[C@H]1CC[C@]2(O)C(=O)COC(=O)CCl. The molecule has 0 radical (unpaired) electrons. The monoisotopic (exact) mass is 438 g/mol. The number of Topliss-reactive ketones (excluding diaryl/α,β-unsaturated/α-hetero) is 1. The summed E-state index contributed by atoms with van der Waals surface area (Å²) in [5.41, 5.74) is -1.46. The molecule has 4 aliphatic rings. The molecular formula is C23H31ClO6. The number of fused-ring (bicyclic) bond motifs is 5. The fourth-order valence-electron chi connectivity index (χ4n) is 7.45. The van der Waals surface area contributed by atoms with Gasteiger partial charge in [0.25, 0.3) is 0 Å². The third-order valence-electron chi connectivity index (χ3n) is 8.98. The first-order valence-corrected chi connectivity index (χ1v) is 11.5. The van der Waals surface area contributed by atoms with E-state index in [1.807, 2.05) is 6.92 Å². The Labute approximate surface area is 182 Å². The van der Waals surface area contributed by atoms with Crippen molar-refractivity contribution in [3.05, 3.63) is 11.6 Å². The molecule has 3 saturated carbocycles. The first-order valence-electron chi connectivity index (χ1n) is 11.0. The summed E-state index contributed by atoms with van der Waals surface area (Å²) in [6.45, 7) is 3.58. The van der Waals surface area contributed by atoms with E-state index in [-0.39, 0.29) is 34.8 Å². The molecule has 0 heterocycles. The number of ether oxygens (including phenoxy) is 1. The second kappa shape index (κ2) is 7.42. The van der Waals surface area contributed by atoms with Gasteiger partial charge < -0.3 is 14.9 Å². The number of aliphatic hydroxyl groups is 2. The van der Waals surface area contributed by atoms with Crippen molar-refractivity contribution in [2.24, 2.45) is 28.6 Å². The summed E-state index contributed by atoms with van der Waals surface area (Å²) in [4.78, 5) is 36.3. The predicted molar refractivity (Wildman–Crippen MR) is 110 cm³/mol. The molecule has 0 saturated heterocycles. The van der Waals surface area contributed by atoms with E-state index in [4.69, 9.17) is 16.3 Å². The lowest BCUT2D eigenvalue weighted by atomic mass is 9.45. The lowest BCUT2D eigenvalue weighted by Crippen LogP contribution is -2.62. The van der Waals surface area contributed by atoms with Gasteiger partial charge in [0.1, 0.15) is 11.5 Å². The van der Waals surface area contributed by atoms with Gasteiger partial charge >= 0.3 is 5.97 Å². The molecule has 0 amide bonds. The summed E-state index contributed by atoms with van der Waals surface area (Å²) in [7, 11) is 0. The minimum absolute atomic E-state index is 0.0233. The van der Waals surface area contributed by atoms with Crippen LogP contribution in [0.2, 0.25) is 0 Å². The third-order valence-corrected chi connectivity index (χ3v) is 9.20. The van der Waals surface area contributed by atoms with Gasteiger partial charge in [0.2, 0.25) is 5.78 Å². The number of ketones is 2. The molecule has 0 aromatic heterocycles. The van der Waals surface area contributed by atoms with Crippen molar-refractivity contribution in [3.63, 3.8) is 0 Å². The van der Waals surface area contributed by atoms with E-state index in [0.717, 1.165) is 24.8 Å². The van der Waals surface area contributed by atoms with Crippen molar-refractivity contribution in [1.29, 1.82) is 0 Å². The van der Waals surface area contributed by atoms with Gasteiger partial charge in [-0.1, -0.05) is 19.4 Å². The Balaban J connectivity index is 1.62. The van der Waals surface area contributed by atoms with Crippen LogP contribution in [0.3, 0.4) is 0 Å². The van der Waals surface area contributed by atoms with E-state index < -0.39 is 35.5 Å². The number of esters is 1. The molecule has 166 valence electrons. The maximum absolute atomic E-state index is 12.9. The summed E-state index contributed by atoms with van der Waals surface area (Å²) in [6, 6.07) is 0. The fraction of sp³-hybridized carbons (Fsp3) is 0.783. The zero-order chi connectivity index (χ0) is 21.9. The van der Waals surface area contributed by atoms with Crippen LogP contribution in [0.1, 0.15) is 58.8 Å². The molecule has 0 unspecified atom stereocenters. The standard InChI is InChI=1S/C23H31ClO6/c1-21-7-5-14(25)9-13(21)3-4-15-16-6-8-23(29,18(27)12-30-19(28)11-24)22(16,2)10-17(26)20(15)21/h9,15-17,20,26,29H,3-8,10-12H2,1-2H3/t15-,16-,17+,20+,21-,22+,23-/m0/s1. The van der Waals surface area contributed by atoms with Crippen molar-refractivity contribution in [2.75, 3.05) is 12.5 Å². The molecule has 0 aliphatic heterocycles. The van der Waals surface area contributed by atoms with Gasteiger partial charge in [-0.05, 0) is 67.8 Å². The van der Waals surface area contributed by atoms with Crippen LogP contribution in [0.25, 0.3) is 0 Å². The average Bonchev–Trinajstić information content (AvgIpc) is 2.97. The van der Waals surface area contributed by atoms with E-state index in [2.05, 4.69) is 6.92 Å². The fourth-order valence-corrected chi connectivity index (χ4v) is 7.53. The Morgan fingerprint density at radius 2 is 1.97 bits per heavy atom. The van der Waals surface area contributed by atoms with Gasteiger partial charge in [0.15, 0.2) is 12.4 Å². The molecule has 6 nitrogen and oxygen atoms in total. The quantitative estimate of drug-likeness (QED) is 0.516. The molecule has 7 atom stereocenters. The highest BCUT2D eigenvalue weighted by atomic mass is 35.5. The van der Waals surface area contributed by atoms with E-state index in [9.17, 15) is 24.6 Å². The molecule has 0 aromatic rings. The molecule has 0 spiro atoms. The normalized spacial score (nSPS) is 45.1. The van der Waals surface area contributed by atoms with Crippen LogP contribution in [0.4, 0.5) is 0 Å². The number of carbonyl (C=O) groups excluding carboxylic acids is 3. The largest absolute Gasteiger partial charge is 0.457 e. The molecule has 3 fully saturated rings. The maximum atomic E-state index is 12.9. The molecule has 2 N–H and O–H groups in total. The summed E-state index contributed by atoms with van der Waals surface area (Å²) >= 11 is 5.43. The van der Waals surface area contributed by atoms with Crippen LogP contribution in [0.5, 0.6) is 0 Å². The van der Waals surface area contributed by atoms with E-state index in [1.165, 1.54) is 0 Å². The summed E-state index contributed by atoms with van der Waals surface area (Å²) in [5.74, 6) is -1.07. The molecule has 0 aromatic carbocycles. The number of hydrogen-bond donors (Lipinski definition) is 2. The number of rotatable bonds is 4. The molecule has 4 aliphatic carbocycles. The topological polar surface area (TPSA) is 101 Å². The molecule has 4 rings (SSSR count). The van der Waals surface area contributed by atoms with Crippen molar-refractivity contribution < 1.29 is 29.3 Å². The molecule has 7 heteroatoms. The minimum atomic E-state index is -1.63. The summed E-state index contributed by atoms with van der Waals surface area (Å²) in [6.07, 6.45) is 5.37. The van der Waals surface area contributed by atoms with E-state index in [0.29, 0.717) is 25.7 Å². The zero-order valence-corrected chi connectivity index (χ0v) is 18.4. The third kappa shape index (κ3) is 3.01. The maximum Gasteiger partial charge on any atom is 0.321 e. The first-order chi connectivity index (χ1) is 14.1. The number of allylic oxidation sites excluding steroid dienone is 1. The van der Waals surface area contributed by atoms with Gasteiger partial charge in [-0.2, -0.15) is 0 Å². The van der Waals surface area contributed by atoms with Crippen LogP contribution in [0, 0.1) is 28.6 Å². The minimum Gasteiger partial charge on any atom is -0.457 e. The first kappa shape index (κ1) is 22.0. The van der Waals surface area contributed by atoms with Crippen LogP contribution < -0.4 is 0 Å². The number of aliphatic hydroxyl groups excluding tert-OH is 1. The lowest BCUT2D eigenvalue weighted by molar-refractivity contribution is -0.184. The highest BCUT2D eigenvalue weighted by Crippen LogP contribution is 2.67. The van der Waals surface area contributed by atoms with Gasteiger partial charge in [-0.25, -0.2) is 0 Å². The van der Waals surface area contributed by atoms with Gasteiger partial charge in [0, 0.05) is 11.8 Å². The van der Waals surface area contributed by atoms with Crippen molar-refractivity contribution in [3.8, 4) is 0 Å². The Morgan fingerprint density at radius 3 is 2.67 bits per heavy atom. The van der Waals surface area contributed by atoms with Gasteiger partial charge in [-0.3, -0.25) is 14.4 Å². The summed E-state index contributed by atoms with van der Waals surface area (Å²) in [5, 5.41) is 22.8. The highest BCUT2D eigenvalue weighted by Gasteiger charge is 2.68. The van der Waals surface area contributed by atoms with Crippen LogP contribution in [0.15, 0.2) is 11.6 Å². The Bertz CT molecular complexity index is 808. The van der Waals surface area contributed by atoms with Crippen LogP contribution >= 0.6 is 11.6 Å². The summed E-state index contributed by atoms with van der Waals surface area (Å²) < 4.78 is 4.90. The number of alkyl halides is 1. The molecule has 30 heavy (non-hydrogen) atoms. The van der Waals surface area contributed by atoms with Crippen molar-refractivity contribution >= 4 is 29.1 Å². The smallest absolute Gasteiger partial charge is 0.321 e. The van der Waals surface area contributed by atoms with Crippen molar-refractivity contribution in [1.82, 2.24) is 0 Å².